The summed E-state index contributed by atoms with van der Waals surface area (Å²) in [5, 5.41) is 0. The van der Waals surface area contributed by atoms with E-state index in [4.69, 9.17) is 5.73 Å². The number of halogens is 2. The van der Waals surface area contributed by atoms with Crippen molar-refractivity contribution >= 4 is 0 Å². The van der Waals surface area contributed by atoms with E-state index >= 15 is 0 Å². The molecule has 3 nitrogen and oxygen atoms in total. The average Bonchev–Trinajstić information content (AvgIpc) is 2.77. The van der Waals surface area contributed by atoms with Crippen LogP contribution in [0, 0.1) is 11.6 Å². The fraction of sp³-hybridized carbons (Fsp3) is 0.357. The Morgan fingerprint density at radius 2 is 2.00 bits per heavy atom. The Balaban J connectivity index is 2.21. The summed E-state index contributed by atoms with van der Waals surface area (Å²) in [6.45, 7) is 2.88. The highest BCUT2D eigenvalue weighted by Gasteiger charge is 2.18. The molecule has 1 unspecified atom stereocenters. The molecular weight excluding hydrogens is 248 g/mol. The van der Waals surface area contributed by atoms with Gasteiger partial charge < -0.3 is 10.3 Å². The lowest BCUT2D eigenvalue weighted by Gasteiger charge is -2.14. The minimum atomic E-state index is -0.737. The van der Waals surface area contributed by atoms with Crippen LogP contribution in [0.4, 0.5) is 8.78 Å². The van der Waals surface area contributed by atoms with Gasteiger partial charge in [-0.25, -0.2) is 13.8 Å². The highest BCUT2D eigenvalue weighted by Crippen LogP contribution is 2.21. The fourth-order valence-electron chi connectivity index (χ4n) is 2.14. The summed E-state index contributed by atoms with van der Waals surface area (Å²) in [5.74, 6) is -0.473. The van der Waals surface area contributed by atoms with Crippen molar-refractivity contribution in [3.63, 3.8) is 0 Å². The van der Waals surface area contributed by atoms with Crippen molar-refractivity contribution in [3.8, 4) is 0 Å². The zero-order valence-electron chi connectivity index (χ0n) is 10.8. The maximum absolute atomic E-state index is 13.6. The quantitative estimate of drug-likeness (QED) is 0.903. The van der Waals surface area contributed by atoms with Crippen molar-refractivity contribution in [2.24, 2.45) is 5.73 Å². The molecule has 0 aliphatic rings. The number of hydrogen-bond acceptors (Lipinski definition) is 2. The third-order valence-electron chi connectivity index (χ3n) is 3.04. The van der Waals surface area contributed by atoms with E-state index < -0.39 is 17.7 Å². The van der Waals surface area contributed by atoms with Crippen LogP contribution in [0.5, 0.6) is 0 Å². The van der Waals surface area contributed by atoms with E-state index in [1.54, 1.807) is 6.20 Å². The smallest absolute Gasteiger partial charge is 0.130 e. The molecule has 0 spiro atoms. The van der Waals surface area contributed by atoms with E-state index in [0.717, 1.165) is 18.8 Å². The molecule has 0 aliphatic heterocycles. The number of nitrogens with zero attached hydrogens (tertiary/aromatic N) is 2. The third kappa shape index (κ3) is 2.98. The van der Waals surface area contributed by atoms with Crippen molar-refractivity contribution < 1.29 is 8.78 Å². The molecule has 2 aromatic rings. The normalized spacial score (nSPS) is 12.6. The van der Waals surface area contributed by atoms with Gasteiger partial charge in [-0.15, -0.1) is 0 Å². The predicted octanol–water partition coefficient (Wildman–Crippen LogP) is 2.81. The van der Waals surface area contributed by atoms with Gasteiger partial charge in [0.25, 0.3) is 0 Å². The van der Waals surface area contributed by atoms with Crippen molar-refractivity contribution in [1.29, 1.82) is 0 Å². The van der Waals surface area contributed by atoms with Gasteiger partial charge in [-0.05, 0) is 18.6 Å². The van der Waals surface area contributed by atoms with Crippen LogP contribution in [-0.4, -0.2) is 9.55 Å². The molecule has 0 aliphatic carbocycles. The molecule has 5 heteroatoms. The molecule has 1 aromatic carbocycles. The van der Waals surface area contributed by atoms with Gasteiger partial charge in [-0.3, -0.25) is 0 Å². The Labute approximate surface area is 111 Å². The summed E-state index contributed by atoms with van der Waals surface area (Å²) < 4.78 is 29.2. The molecule has 1 atom stereocenters. The van der Waals surface area contributed by atoms with E-state index in [1.807, 2.05) is 10.8 Å². The van der Waals surface area contributed by atoms with Crippen LogP contribution in [0.3, 0.4) is 0 Å². The molecule has 0 saturated carbocycles. The first kappa shape index (κ1) is 13.7. The van der Waals surface area contributed by atoms with E-state index in [9.17, 15) is 8.78 Å². The highest BCUT2D eigenvalue weighted by molar-refractivity contribution is 5.24. The number of rotatable bonds is 5. The van der Waals surface area contributed by atoms with Crippen LogP contribution in [0.2, 0.25) is 0 Å². The van der Waals surface area contributed by atoms with Gasteiger partial charge in [-0.2, -0.15) is 0 Å². The molecule has 0 bridgehead atoms. The Hall–Kier alpha value is -1.75. The van der Waals surface area contributed by atoms with Gasteiger partial charge in [0.2, 0.25) is 0 Å². The molecule has 19 heavy (non-hydrogen) atoms. The van der Waals surface area contributed by atoms with E-state index in [2.05, 4.69) is 11.9 Å². The van der Waals surface area contributed by atoms with Crippen LogP contribution in [0.25, 0.3) is 0 Å². The second-order valence-corrected chi connectivity index (χ2v) is 4.48. The predicted molar refractivity (Wildman–Crippen MR) is 69.5 cm³/mol. The number of imidazole rings is 1. The van der Waals surface area contributed by atoms with Crippen LogP contribution >= 0.6 is 0 Å². The topological polar surface area (TPSA) is 43.8 Å². The van der Waals surface area contributed by atoms with Gasteiger partial charge in [-0.1, -0.05) is 13.0 Å². The van der Waals surface area contributed by atoms with Gasteiger partial charge in [0.15, 0.2) is 0 Å². The second kappa shape index (κ2) is 5.93. The van der Waals surface area contributed by atoms with Gasteiger partial charge in [0, 0.05) is 37.0 Å². The lowest BCUT2D eigenvalue weighted by molar-refractivity contribution is 0.513. The number of aromatic nitrogens is 2. The van der Waals surface area contributed by atoms with Gasteiger partial charge in [0.05, 0.1) is 0 Å². The minimum Gasteiger partial charge on any atom is -0.335 e. The molecule has 102 valence electrons. The van der Waals surface area contributed by atoms with Crippen molar-refractivity contribution in [3.05, 3.63) is 53.6 Å². The molecule has 2 N–H and O–H groups in total. The molecule has 0 saturated heterocycles. The Morgan fingerprint density at radius 3 is 2.63 bits per heavy atom. The zero-order valence-corrected chi connectivity index (χ0v) is 10.8. The number of benzene rings is 1. The number of aryl methyl sites for hydroxylation is 1. The van der Waals surface area contributed by atoms with Crippen LogP contribution in [0.15, 0.2) is 30.6 Å². The standard InChI is InChI=1S/C14H17F2N3/c1-2-7-19-8-6-18-13(19)9-12(17)14-10(15)4-3-5-11(14)16/h3-6,8,12H,2,7,9,17H2,1H3. The highest BCUT2D eigenvalue weighted by atomic mass is 19.1. The van der Waals surface area contributed by atoms with Gasteiger partial charge >= 0.3 is 0 Å². The molecule has 0 amide bonds. The third-order valence-corrected chi connectivity index (χ3v) is 3.04. The Bertz CT molecular complexity index is 531. The lowest BCUT2D eigenvalue weighted by atomic mass is 10.0. The van der Waals surface area contributed by atoms with Crippen LogP contribution < -0.4 is 5.73 Å². The SMILES string of the molecule is CCCn1ccnc1CC(N)c1c(F)cccc1F. The minimum absolute atomic E-state index is 0.0754. The summed E-state index contributed by atoms with van der Waals surface area (Å²) in [7, 11) is 0. The summed E-state index contributed by atoms with van der Waals surface area (Å²) in [6.07, 6.45) is 4.80. The summed E-state index contributed by atoms with van der Waals surface area (Å²) >= 11 is 0. The first-order valence-corrected chi connectivity index (χ1v) is 6.33. The van der Waals surface area contributed by atoms with E-state index in [0.29, 0.717) is 6.42 Å². The molecule has 1 heterocycles. The largest absolute Gasteiger partial charge is 0.335 e. The van der Waals surface area contributed by atoms with Crippen molar-refractivity contribution in [2.75, 3.05) is 0 Å². The van der Waals surface area contributed by atoms with E-state index in [1.165, 1.54) is 18.2 Å². The summed E-state index contributed by atoms with van der Waals surface area (Å²) in [5.41, 5.74) is 5.84. The van der Waals surface area contributed by atoms with Crippen molar-refractivity contribution in [1.82, 2.24) is 9.55 Å². The maximum Gasteiger partial charge on any atom is 0.130 e. The Morgan fingerprint density at radius 1 is 1.32 bits per heavy atom. The molecule has 1 aromatic heterocycles. The van der Waals surface area contributed by atoms with Crippen LogP contribution in [-0.2, 0) is 13.0 Å². The van der Waals surface area contributed by atoms with Gasteiger partial charge in [0.1, 0.15) is 17.5 Å². The number of hydrogen-bond donors (Lipinski definition) is 1. The molecular formula is C14H17F2N3. The maximum atomic E-state index is 13.6. The monoisotopic (exact) mass is 265 g/mol. The lowest BCUT2D eigenvalue weighted by Crippen LogP contribution is -2.19. The number of nitrogens with two attached hydrogens (primary N) is 1. The summed E-state index contributed by atoms with van der Waals surface area (Å²) in [4.78, 5) is 4.20. The second-order valence-electron chi connectivity index (χ2n) is 4.48. The molecule has 0 radical (unpaired) electrons. The first-order valence-electron chi connectivity index (χ1n) is 6.33. The molecule has 0 fully saturated rings. The first-order chi connectivity index (χ1) is 9.13. The van der Waals surface area contributed by atoms with Crippen molar-refractivity contribution in [2.45, 2.75) is 32.4 Å². The van der Waals surface area contributed by atoms with E-state index in [-0.39, 0.29) is 5.56 Å². The summed E-state index contributed by atoms with van der Waals surface area (Å²) in [6, 6.07) is 3.03. The Kier molecular flexibility index (Phi) is 4.27. The average molecular weight is 265 g/mol. The van der Waals surface area contributed by atoms with Crippen LogP contribution in [0.1, 0.15) is 30.8 Å². The fourth-order valence-corrected chi connectivity index (χ4v) is 2.14. The molecule has 2 rings (SSSR count). The zero-order chi connectivity index (χ0) is 13.8.